The fraction of sp³-hybridized carbons (Fsp3) is 0.700. The van der Waals surface area contributed by atoms with Gasteiger partial charge in [0.1, 0.15) is 12.2 Å². The van der Waals surface area contributed by atoms with Gasteiger partial charge in [0.05, 0.1) is 12.5 Å². The third-order valence-electron chi connectivity index (χ3n) is 2.42. The minimum atomic E-state index is 0.295. The van der Waals surface area contributed by atoms with Crippen LogP contribution in [0.5, 0.6) is 0 Å². The fourth-order valence-corrected chi connectivity index (χ4v) is 1.39. The molecule has 0 fully saturated rings. The second kappa shape index (κ2) is 6.14. The summed E-state index contributed by atoms with van der Waals surface area (Å²) in [6.45, 7) is 2.92. The Morgan fingerprint density at radius 1 is 1.67 bits per heavy atom. The van der Waals surface area contributed by atoms with Crippen molar-refractivity contribution < 1.29 is 0 Å². The third kappa shape index (κ3) is 3.68. The number of rotatable bonds is 6. The summed E-state index contributed by atoms with van der Waals surface area (Å²) in [6, 6.07) is 2.47. The second-order valence-electron chi connectivity index (χ2n) is 3.53. The van der Waals surface area contributed by atoms with Crippen LogP contribution < -0.4 is 5.32 Å². The van der Waals surface area contributed by atoms with Crippen LogP contribution in [-0.4, -0.2) is 27.4 Å². The first kappa shape index (κ1) is 11.7. The summed E-state index contributed by atoms with van der Waals surface area (Å²) in [5.41, 5.74) is 0. The van der Waals surface area contributed by atoms with Crippen molar-refractivity contribution in [1.82, 2.24) is 20.1 Å². The van der Waals surface area contributed by atoms with Gasteiger partial charge in [-0.25, -0.2) is 0 Å². The number of nitrogens with one attached hydrogen (secondary N) is 1. The first-order chi connectivity index (χ1) is 7.27. The van der Waals surface area contributed by atoms with E-state index in [9.17, 15) is 0 Å². The highest BCUT2D eigenvalue weighted by Gasteiger charge is 2.05. The van der Waals surface area contributed by atoms with Crippen molar-refractivity contribution in [3.63, 3.8) is 0 Å². The maximum atomic E-state index is 8.58. The molecule has 1 rings (SSSR count). The van der Waals surface area contributed by atoms with Gasteiger partial charge in [0.15, 0.2) is 0 Å². The van der Waals surface area contributed by atoms with Crippen LogP contribution in [0.15, 0.2) is 6.33 Å². The van der Waals surface area contributed by atoms with E-state index in [1.807, 2.05) is 11.6 Å². The molecule has 82 valence electrons. The molecule has 0 aromatic carbocycles. The van der Waals surface area contributed by atoms with E-state index < -0.39 is 0 Å². The predicted molar refractivity (Wildman–Crippen MR) is 57.0 cm³/mol. The molecule has 0 saturated heterocycles. The normalized spacial score (nSPS) is 12.3. The topological polar surface area (TPSA) is 66.5 Å². The highest BCUT2D eigenvalue weighted by Crippen LogP contribution is 1.97. The summed E-state index contributed by atoms with van der Waals surface area (Å²) < 4.78 is 1.91. The van der Waals surface area contributed by atoms with Crippen molar-refractivity contribution in [2.45, 2.75) is 32.2 Å². The van der Waals surface area contributed by atoms with Crippen LogP contribution in [0.4, 0.5) is 0 Å². The Labute approximate surface area is 90.1 Å². The molecule has 1 N–H and O–H groups in total. The number of nitrogens with zero attached hydrogens (tertiary/aromatic N) is 4. The van der Waals surface area contributed by atoms with E-state index in [4.69, 9.17) is 5.26 Å². The van der Waals surface area contributed by atoms with Crippen molar-refractivity contribution in [1.29, 1.82) is 5.26 Å². The maximum absolute atomic E-state index is 8.58. The van der Waals surface area contributed by atoms with Crippen molar-refractivity contribution in [2.75, 3.05) is 6.54 Å². The number of nitriles is 1. The van der Waals surface area contributed by atoms with Crippen LogP contribution in [0.2, 0.25) is 0 Å². The SMILES string of the molecule is CCC(CC#N)NCCc1nncn1C. The molecule has 1 aromatic heterocycles. The van der Waals surface area contributed by atoms with Crippen molar-refractivity contribution in [3.05, 3.63) is 12.2 Å². The Morgan fingerprint density at radius 3 is 3.00 bits per heavy atom. The summed E-state index contributed by atoms with van der Waals surface area (Å²) in [7, 11) is 1.93. The zero-order valence-corrected chi connectivity index (χ0v) is 9.27. The van der Waals surface area contributed by atoms with E-state index in [-0.39, 0.29) is 0 Å². The Kier molecular flexibility index (Phi) is 4.78. The summed E-state index contributed by atoms with van der Waals surface area (Å²) in [6.07, 6.45) is 4.09. The van der Waals surface area contributed by atoms with Gasteiger partial charge >= 0.3 is 0 Å². The minimum Gasteiger partial charge on any atom is -0.321 e. The smallest absolute Gasteiger partial charge is 0.133 e. The minimum absolute atomic E-state index is 0.295. The zero-order chi connectivity index (χ0) is 11.1. The molecule has 0 aliphatic rings. The van der Waals surface area contributed by atoms with Gasteiger partial charge in [0.25, 0.3) is 0 Å². The lowest BCUT2D eigenvalue weighted by Crippen LogP contribution is -2.30. The standard InChI is InChI=1S/C10H17N5/c1-3-9(4-6-11)12-7-5-10-14-13-8-15(10)2/h8-9,12H,3-5,7H2,1-2H3. The predicted octanol–water partition coefficient (Wildman–Crippen LogP) is 0.639. The van der Waals surface area contributed by atoms with Crippen LogP contribution in [-0.2, 0) is 13.5 Å². The molecule has 0 aliphatic heterocycles. The number of aryl methyl sites for hydroxylation is 1. The van der Waals surface area contributed by atoms with Crippen molar-refractivity contribution in [3.8, 4) is 6.07 Å². The average Bonchev–Trinajstić information content (AvgIpc) is 2.63. The average molecular weight is 207 g/mol. The number of hydrogen-bond donors (Lipinski definition) is 1. The molecule has 0 saturated carbocycles. The quantitative estimate of drug-likeness (QED) is 0.743. The summed E-state index contributed by atoms with van der Waals surface area (Å²) in [5.74, 6) is 0.967. The van der Waals surface area contributed by atoms with E-state index in [0.29, 0.717) is 12.5 Å². The van der Waals surface area contributed by atoms with Crippen LogP contribution >= 0.6 is 0 Å². The first-order valence-electron chi connectivity index (χ1n) is 5.21. The molecule has 0 amide bonds. The van der Waals surface area contributed by atoms with E-state index in [0.717, 1.165) is 25.2 Å². The Bertz CT molecular complexity index is 325. The van der Waals surface area contributed by atoms with Gasteiger partial charge in [0.2, 0.25) is 0 Å². The number of hydrogen-bond acceptors (Lipinski definition) is 4. The fourth-order valence-electron chi connectivity index (χ4n) is 1.39. The highest BCUT2D eigenvalue weighted by atomic mass is 15.2. The van der Waals surface area contributed by atoms with E-state index in [2.05, 4.69) is 28.5 Å². The molecule has 1 aromatic rings. The van der Waals surface area contributed by atoms with E-state index in [1.165, 1.54) is 0 Å². The maximum Gasteiger partial charge on any atom is 0.133 e. The van der Waals surface area contributed by atoms with Crippen LogP contribution in [0.1, 0.15) is 25.6 Å². The molecule has 5 heteroatoms. The third-order valence-corrected chi connectivity index (χ3v) is 2.42. The van der Waals surface area contributed by atoms with Gasteiger partial charge in [-0.2, -0.15) is 5.26 Å². The Hall–Kier alpha value is -1.41. The van der Waals surface area contributed by atoms with Gasteiger partial charge in [0, 0.05) is 26.1 Å². The largest absolute Gasteiger partial charge is 0.321 e. The lowest BCUT2D eigenvalue weighted by molar-refractivity contribution is 0.502. The molecule has 0 radical (unpaired) electrons. The van der Waals surface area contributed by atoms with Gasteiger partial charge in [-0.05, 0) is 6.42 Å². The van der Waals surface area contributed by atoms with E-state index in [1.54, 1.807) is 6.33 Å². The summed E-state index contributed by atoms with van der Waals surface area (Å²) in [4.78, 5) is 0. The van der Waals surface area contributed by atoms with Crippen LogP contribution in [0.3, 0.4) is 0 Å². The lowest BCUT2D eigenvalue weighted by Gasteiger charge is -2.12. The van der Waals surface area contributed by atoms with Gasteiger partial charge < -0.3 is 9.88 Å². The van der Waals surface area contributed by atoms with Crippen molar-refractivity contribution >= 4 is 0 Å². The number of aromatic nitrogens is 3. The van der Waals surface area contributed by atoms with Crippen LogP contribution in [0.25, 0.3) is 0 Å². The molecule has 0 aliphatic carbocycles. The molecule has 15 heavy (non-hydrogen) atoms. The van der Waals surface area contributed by atoms with E-state index >= 15 is 0 Å². The monoisotopic (exact) mass is 207 g/mol. The van der Waals surface area contributed by atoms with Gasteiger partial charge in [-0.3, -0.25) is 0 Å². The second-order valence-corrected chi connectivity index (χ2v) is 3.53. The molecular formula is C10H17N5. The molecule has 5 nitrogen and oxygen atoms in total. The molecule has 0 bridgehead atoms. The molecule has 1 unspecified atom stereocenters. The molecule has 0 spiro atoms. The molecular weight excluding hydrogens is 190 g/mol. The zero-order valence-electron chi connectivity index (χ0n) is 9.27. The molecule has 1 heterocycles. The van der Waals surface area contributed by atoms with Crippen molar-refractivity contribution in [2.24, 2.45) is 7.05 Å². The summed E-state index contributed by atoms with van der Waals surface area (Å²) in [5, 5.41) is 19.7. The van der Waals surface area contributed by atoms with Gasteiger partial charge in [-0.1, -0.05) is 6.92 Å². The summed E-state index contributed by atoms with van der Waals surface area (Å²) >= 11 is 0. The molecule has 1 atom stereocenters. The highest BCUT2D eigenvalue weighted by molar-refractivity contribution is 4.86. The first-order valence-corrected chi connectivity index (χ1v) is 5.21. The Morgan fingerprint density at radius 2 is 2.47 bits per heavy atom. The Balaban J connectivity index is 2.27. The van der Waals surface area contributed by atoms with Gasteiger partial charge in [-0.15, -0.1) is 10.2 Å². The lowest BCUT2D eigenvalue weighted by atomic mass is 10.1. The van der Waals surface area contributed by atoms with Crippen LogP contribution in [0, 0.1) is 11.3 Å².